The van der Waals surface area contributed by atoms with Crippen LogP contribution in [0.5, 0.6) is 0 Å². The van der Waals surface area contributed by atoms with Gasteiger partial charge in [-0.25, -0.2) is 0 Å². The van der Waals surface area contributed by atoms with Crippen molar-refractivity contribution in [3.63, 3.8) is 0 Å². The molecule has 1 aromatic rings. The van der Waals surface area contributed by atoms with Crippen LogP contribution in [0.25, 0.3) is 0 Å². The SMILES string of the molecule is CN1CCC(CNc2nc(Cl)nc(N3CCCC3)n2)C1. The number of rotatable bonds is 4. The molecule has 1 atom stereocenters. The lowest BCUT2D eigenvalue weighted by molar-refractivity contribution is 0.399. The number of nitrogens with zero attached hydrogens (tertiary/aromatic N) is 5. The molecule has 1 unspecified atom stereocenters. The molecule has 0 amide bonds. The van der Waals surface area contributed by atoms with Crippen LogP contribution < -0.4 is 10.2 Å². The second-order valence-corrected chi connectivity index (χ2v) is 6.06. The van der Waals surface area contributed by atoms with E-state index in [4.69, 9.17) is 11.6 Å². The lowest BCUT2D eigenvalue weighted by atomic mass is 10.1. The molecule has 2 saturated heterocycles. The third kappa shape index (κ3) is 3.30. The summed E-state index contributed by atoms with van der Waals surface area (Å²) in [6, 6.07) is 0. The fourth-order valence-corrected chi connectivity index (χ4v) is 3.06. The number of anilines is 2. The van der Waals surface area contributed by atoms with E-state index in [-0.39, 0.29) is 5.28 Å². The highest BCUT2D eigenvalue weighted by molar-refractivity contribution is 6.28. The second kappa shape index (κ2) is 6.10. The van der Waals surface area contributed by atoms with Crippen LogP contribution >= 0.6 is 11.6 Å². The van der Waals surface area contributed by atoms with Crippen LogP contribution in [-0.2, 0) is 0 Å². The number of hydrogen-bond acceptors (Lipinski definition) is 6. The summed E-state index contributed by atoms with van der Waals surface area (Å²) in [6.07, 6.45) is 3.61. The van der Waals surface area contributed by atoms with E-state index in [0.29, 0.717) is 17.8 Å². The number of likely N-dealkylation sites (tertiary alicyclic amines) is 1. The Balaban J connectivity index is 1.63. The van der Waals surface area contributed by atoms with Gasteiger partial charge in [-0.2, -0.15) is 15.0 Å². The van der Waals surface area contributed by atoms with Crippen molar-refractivity contribution in [1.29, 1.82) is 0 Å². The van der Waals surface area contributed by atoms with Gasteiger partial charge in [-0.3, -0.25) is 0 Å². The largest absolute Gasteiger partial charge is 0.354 e. The summed E-state index contributed by atoms with van der Waals surface area (Å²) in [5.41, 5.74) is 0. The molecule has 0 aromatic carbocycles. The highest BCUT2D eigenvalue weighted by atomic mass is 35.5. The Bertz CT molecular complexity index is 462. The first kappa shape index (κ1) is 13.8. The maximum absolute atomic E-state index is 6.01. The van der Waals surface area contributed by atoms with E-state index < -0.39 is 0 Å². The summed E-state index contributed by atoms with van der Waals surface area (Å²) < 4.78 is 0. The van der Waals surface area contributed by atoms with Crippen molar-refractivity contribution in [2.45, 2.75) is 19.3 Å². The normalized spacial score (nSPS) is 23.5. The van der Waals surface area contributed by atoms with Crippen molar-refractivity contribution >= 4 is 23.5 Å². The number of aromatic nitrogens is 3. The van der Waals surface area contributed by atoms with Crippen LogP contribution in [0.1, 0.15) is 19.3 Å². The summed E-state index contributed by atoms with van der Waals surface area (Å²) in [7, 11) is 2.16. The van der Waals surface area contributed by atoms with Crippen molar-refractivity contribution < 1.29 is 0 Å². The van der Waals surface area contributed by atoms with Gasteiger partial charge in [0.15, 0.2) is 0 Å². The molecule has 0 spiro atoms. The molecule has 3 rings (SSSR count). The van der Waals surface area contributed by atoms with Gasteiger partial charge >= 0.3 is 0 Å². The van der Waals surface area contributed by atoms with Gasteiger partial charge in [-0.15, -0.1) is 0 Å². The van der Waals surface area contributed by atoms with E-state index >= 15 is 0 Å². The predicted molar refractivity (Wildman–Crippen MR) is 80.4 cm³/mol. The number of hydrogen-bond donors (Lipinski definition) is 1. The minimum atomic E-state index is 0.271. The lowest BCUT2D eigenvalue weighted by Crippen LogP contribution is -2.23. The third-order valence-electron chi connectivity index (χ3n) is 4.02. The van der Waals surface area contributed by atoms with Gasteiger partial charge in [0, 0.05) is 26.2 Å². The van der Waals surface area contributed by atoms with Gasteiger partial charge in [0.1, 0.15) is 0 Å². The Morgan fingerprint density at radius 3 is 2.70 bits per heavy atom. The van der Waals surface area contributed by atoms with E-state index in [0.717, 1.165) is 26.2 Å². The zero-order chi connectivity index (χ0) is 13.9. The number of nitrogens with one attached hydrogen (secondary N) is 1. The first-order valence-corrected chi connectivity index (χ1v) is 7.67. The minimum Gasteiger partial charge on any atom is -0.354 e. The van der Waals surface area contributed by atoms with Crippen molar-refractivity contribution in [2.75, 3.05) is 50.0 Å². The van der Waals surface area contributed by atoms with Gasteiger partial charge in [0.2, 0.25) is 17.2 Å². The topological polar surface area (TPSA) is 57.2 Å². The smallest absolute Gasteiger partial charge is 0.231 e. The molecule has 0 aliphatic carbocycles. The maximum Gasteiger partial charge on any atom is 0.231 e. The van der Waals surface area contributed by atoms with E-state index in [1.165, 1.54) is 25.8 Å². The molecule has 0 saturated carbocycles. The molecule has 1 N–H and O–H groups in total. The first-order chi connectivity index (χ1) is 9.70. The molecule has 0 radical (unpaired) electrons. The third-order valence-corrected chi connectivity index (χ3v) is 4.19. The highest BCUT2D eigenvalue weighted by Crippen LogP contribution is 2.19. The van der Waals surface area contributed by atoms with Crippen LogP contribution in [0.4, 0.5) is 11.9 Å². The fraction of sp³-hybridized carbons (Fsp3) is 0.769. The zero-order valence-corrected chi connectivity index (χ0v) is 12.6. The van der Waals surface area contributed by atoms with E-state index in [1.807, 2.05) is 0 Å². The monoisotopic (exact) mass is 296 g/mol. The molecule has 2 aliphatic rings. The van der Waals surface area contributed by atoms with Gasteiger partial charge in [-0.1, -0.05) is 0 Å². The van der Waals surface area contributed by atoms with Gasteiger partial charge < -0.3 is 15.1 Å². The Hall–Kier alpha value is -1.14. The fourth-order valence-electron chi connectivity index (χ4n) is 2.91. The molecule has 7 heteroatoms. The molecule has 6 nitrogen and oxygen atoms in total. The molecule has 20 heavy (non-hydrogen) atoms. The van der Waals surface area contributed by atoms with Gasteiger partial charge in [0.05, 0.1) is 0 Å². The van der Waals surface area contributed by atoms with Gasteiger partial charge in [-0.05, 0) is 50.4 Å². The molecular formula is C13H21ClN6. The highest BCUT2D eigenvalue weighted by Gasteiger charge is 2.20. The Morgan fingerprint density at radius 1 is 1.20 bits per heavy atom. The Kier molecular flexibility index (Phi) is 4.21. The van der Waals surface area contributed by atoms with Crippen LogP contribution in [0, 0.1) is 5.92 Å². The summed E-state index contributed by atoms with van der Waals surface area (Å²) in [6.45, 7) is 5.21. The van der Waals surface area contributed by atoms with E-state index in [2.05, 4.69) is 37.1 Å². The lowest BCUT2D eigenvalue weighted by Gasteiger charge is -2.16. The molecule has 2 aliphatic heterocycles. The quantitative estimate of drug-likeness (QED) is 0.908. The molecule has 0 bridgehead atoms. The molecule has 1 aromatic heterocycles. The summed E-state index contributed by atoms with van der Waals surface area (Å²) in [5, 5.41) is 3.58. The minimum absolute atomic E-state index is 0.271. The van der Waals surface area contributed by atoms with Gasteiger partial charge in [0.25, 0.3) is 0 Å². The summed E-state index contributed by atoms with van der Waals surface area (Å²) in [4.78, 5) is 17.4. The second-order valence-electron chi connectivity index (χ2n) is 5.72. The van der Waals surface area contributed by atoms with Crippen LogP contribution in [-0.4, -0.2) is 59.6 Å². The summed E-state index contributed by atoms with van der Waals surface area (Å²) in [5.74, 6) is 1.96. The average Bonchev–Trinajstić information content (AvgIpc) is 3.07. The van der Waals surface area contributed by atoms with Crippen molar-refractivity contribution in [3.8, 4) is 0 Å². The Morgan fingerprint density at radius 2 is 2.00 bits per heavy atom. The predicted octanol–water partition coefficient (Wildman–Crippen LogP) is 1.49. The molecular weight excluding hydrogens is 276 g/mol. The van der Waals surface area contributed by atoms with Crippen LogP contribution in [0.3, 0.4) is 0 Å². The van der Waals surface area contributed by atoms with Crippen molar-refractivity contribution in [2.24, 2.45) is 5.92 Å². The average molecular weight is 297 g/mol. The molecule has 3 heterocycles. The zero-order valence-electron chi connectivity index (χ0n) is 11.8. The Labute approximate surface area is 124 Å². The summed E-state index contributed by atoms with van der Waals surface area (Å²) >= 11 is 6.01. The van der Waals surface area contributed by atoms with Crippen LogP contribution in [0.2, 0.25) is 5.28 Å². The van der Waals surface area contributed by atoms with E-state index in [9.17, 15) is 0 Å². The maximum atomic E-state index is 6.01. The molecule has 2 fully saturated rings. The van der Waals surface area contributed by atoms with Crippen molar-refractivity contribution in [3.05, 3.63) is 5.28 Å². The standard InChI is InChI=1S/C13H21ClN6/c1-19-7-4-10(9-19)8-15-12-16-11(14)17-13(18-12)20-5-2-3-6-20/h10H,2-9H2,1H3,(H,15,16,17,18). The van der Waals surface area contributed by atoms with E-state index in [1.54, 1.807) is 0 Å². The van der Waals surface area contributed by atoms with Crippen molar-refractivity contribution in [1.82, 2.24) is 19.9 Å². The molecule has 110 valence electrons. The first-order valence-electron chi connectivity index (χ1n) is 7.29. The number of halogens is 1. The van der Waals surface area contributed by atoms with Crippen LogP contribution in [0.15, 0.2) is 0 Å².